The molecule has 0 fully saturated rings. The first kappa shape index (κ1) is 15.8. The van der Waals surface area contributed by atoms with E-state index < -0.39 is 11.6 Å². The molecule has 1 aromatic carbocycles. The second-order valence-electron chi connectivity index (χ2n) is 4.54. The molecule has 110 valence electrons. The Kier molecular flexibility index (Phi) is 4.53. The molecule has 0 aliphatic carbocycles. The summed E-state index contributed by atoms with van der Waals surface area (Å²) in [6.07, 6.45) is 0. The summed E-state index contributed by atoms with van der Waals surface area (Å²) in [5, 5.41) is 2.83. The highest BCUT2D eigenvalue weighted by atomic mass is 79.9. The first-order valence-electron chi connectivity index (χ1n) is 5.99. The Morgan fingerprint density at radius 1 is 1.29 bits per heavy atom. The van der Waals surface area contributed by atoms with Crippen molar-refractivity contribution in [3.8, 4) is 0 Å². The number of pyridine rings is 1. The lowest BCUT2D eigenvalue weighted by molar-refractivity contribution is 0.584. The monoisotopic (exact) mass is 371 g/mol. The Morgan fingerprint density at radius 3 is 2.52 bits per heavy atom. The van der Waals surface area contributed by atoms with Crippen LogP contribution >= 0.6 is 28.1 Å². The third-order valence-corrected chi connectivity index (χ3v) is 3.67. The summed E-state index contributed by atoms with van der Waals surface area (Å²) in [5.74, 6) is -1.07. The summed E-state index contributed by atoms with van der Waals surface area (Å²) in [6.45, 7) is 3.64. The van der Waals surface area contributed by atoms with Crippen molar-refractivity contribution in [3.05, 3.63) is 51.1 Å². The van der Waals surface area contributed by atoms with Crippen LogP contribution in [0.25, 0.3) is 0 Å². The van der Waals surface area contributed by atoms with Crippen LogP contribution in [0.1, 0.15) is 16.8 Å². The summed E-state index contributed by atoms with van der Waals surface area (Å²) >= 11 is 8.14. The fourth-order valence-corrected chi connectivity index (χ4v) is 2.78. The van der Waals surface area contributed by atoms with Gasteiger partial charge in [-0.15, -0.1) is 0 Å². The molecule has 0 saturated heterocycles. The average molecular weight is 372 g/mol. The van der Waals surface area contributed by atoms with E-state index in [-0.39, 0.29) is 15.1 Å². The van der Waals surface area contributed by atoms with Gasteiger partial charge >= 0.3 is 0 Å². The molecule has 0 saturated carbocycles. The maximum atomic E-state index is 13.9. The molecule has 0 aliphatic heterocycles. The van der Waals surface area contributed by atoms with Crippen molar-refractivity contribution in [1.29, 1.82) is 0 Å². The van der Waals surface area contributed by atoms with Crippen LogP contribution in [0.4, 0.5) is 20.3 Å². The molecule has 0 spiro atoms. The lowest BCUT2D eigenvalue weighted by atomic mass is 10.1. The zero-order valence-electron chi connectivity index (χ0n) is 11.3. The van der Waals surface area contributed by atoms with Crippen molar-refractivity contribution < 1.29 is 8.78 Å². The van der Waals surface area contributed by atoms with Gasteiger partial charge in [-0.05, 0) is 47.5 Å². The van der Waals surface area contributed by atoms with Gasteiger partial charge in [0.05, 0.1) is 11.3 Å². The average Bonchev–Trinajstić information content (AvgIpc) is 2.32. The summed E-state index contributed by atoms with van der Waals surface area (Å²) < 4.78 is 27.3. The molecule has 2 rings (SSSR count). The fourth-order valence-electron chi connectivity index (χ4n) is 2.02. The number of halogens is 3. The van der Waals surface area contributed by atoms with Gasteiger partial charge in [0.25, 0.3) is 0 Å². The molecule has 1 heterocycles. The predicted octanol–water partition coefficient (Wildman–Crippen LogP) is 4.12. The molecule has 21 heavy (non-hydrogen) atoms. The minimum atomic E-state index is -0.739. The van der Waals surface area contributed by atoms with Crippen LogP contribution in [0.15, 0.2) is 22.7 Å². The van der Waals surface area contributed by atoms with Gasteiger partial charge < -0.3 is 11.1 Å². The van der Waals surface area contributed by atoms with Gasteiger partial charge in [-0.25, -0.2) is 13.8 Å². The zero-order valence-corrected chi connectivity index (χ0v) is 13.7. The van der Waals surface area contributed by atoms with Gasteiger partial charge in [-0.1, -0.05) is 12.2 Å². The number of thiocarbonyl (C=S) groups is 1. The first-order valence-corrected chi connectivity index (χ1v) is 7.19. The summed E-state index contributed by atoms with van der Waals surface area (Å²) in [5.41, 5.74) is 7.87. The number of nitrogens with two attached hydrogens (primary N) is 1. The number of benzene rings is 1. The summed E-state index contributed by atoms with van der Waals surface area (Å²) in [4.78, 5) is 4.45. The van der Waals surface area contributed by atoms with E-state index in [4.69, 9.17) is 18.0 Å². The van der Waals surface area contributed by atoms with Crippen molar-refractivity contribution >= 4 is 44.6 Å². The van der Waals surface area contributed by atoms with Crippen LogP contribution in [0.2, 0.25) is 0 Å². The molecular formula is C14H12BrF2N3S. The maximum absolute atomic E-state index is 13.9. The van der Waals surface area contributed by atoms with E-state index >= 15 is 0 Å². The van der Waals surface area contributed by atoms with Crippen molar-refractivity contribution in [3.63, 3.8) is 0 Å². The molecule has 2 aromatic rings. The first-order chi connectivity index (χ1) is 9.79. The van der Waals surface area contributed by atoms with Crippen molar-refractivity contribution in [2.75, 3.05) is 5.32 Å². The van der Waals surface area contributed by atoms with Gasteiger partial charge in [-0.3, -0.25) is 0 Å². The Labute approximate surface area is 134 Å². The number of aromatic nitrogens is 1. The van der Waals surface area contributed by atoms with E-state index in [0.717, 1.165) is 23.4 Å². The minimum absolute atomic E-state index is 0.0754. The molecule has 0 unspecified atom stereocenters. The number of hydrogen-bond acceptors (Lipinski definition) is 3. The number of aryl methyl sites for hydroxylation is 2. The summed E-state index contributed by atoms with van der Waals surface area (Å²) in [7, 11) is 0. The normalized spacial score (nSPS) is 10.5. The Balaban J connectivity index is 2.57. The summed E-state index contributed by atoms with van der Waals surface area (Å²) in [6, 6.07) is 3.78. The second-order valence-corrected chi connectivity index (χ2v) is 5.83. The van der Waals surface area contributed by atoms with Crippen LogP contribution in [0.5, 0.6) is 0 Å². The quantitative estimate of drug-likeness (QED) is 0.796. The second kappa shape index (κ2) is 6.03. The molecule has 0 bridgehead atoms. The van der Waals surface area contributed by atoms with Crippen LogP contribution in [0, 0.1) is 25.5 Å². The lowest BCUT2D eigenvalue weighted by Crippen LogP contribution is -2.16. The Morgan fingerprint density at radius 2 is 1.95 bits per heavy atom. The third kappa shape index (κ3) is 3.36. The molecule has 0 aliphatic rings. The smallest absolute Gasteiger partial charge is 0.150 e. The highest BCUT2D eigenvalue weighted by Gasteiger charge is 2.16. The molecule has 1 aromatic heterocycles. The topological polar surface area (TPSA) is 50.9 Å². The molecular weight excluding hydrogens is 360 g/mol. The molecule has 0 atom stereocenters. The zero-order chi connectivity index (χ0) is 15.7. The Hall–Kier alpha value is -1.60. The van der Waals surface area contributed by atoms with Crippen LogP contribution in [-0.4, -0.2) is 9.97 Å². The number of anilines is 2. The van der Waals surface area contributed by atoms with Crippen LogP contribution in [0.3, 0.4) is 0 Å². The lowest BCUT2D eigenvalue weighted by Gasteiger charge is -2.15. The van der Waals surface area contributed by atoms with Gasteiger partial charge in [0, 0.05) is 16.2 Å². The molecule has 3 nitrogen and oxygen atoms in total. The highest BCUT2D eigenvalue weighted by molar-refractivity contribution is 9.10. The van der Waals surface area contributed by atoms with Crippen molar-refractivity contribution in [1.82, 2.24) is 4.98 Å². The van der Waals surface area contributed by atoms with E-state index in [1.165, 1.54) is 0 Å². The van der Waals surface area contributed by atoms with E-state index in [0.29, 0.717) is 11.4 Å². The highest BCUT2D eigenvalue weighted by Crippen LogP contribution is 2.31. The van der Waals surface area contributed by atoms with Crippen LogP contribution in [-0.2, 0) is 0 Å². The van der Waals surface area contributed by atoms with Crippen molar-refractivity contribution in [2.45, 2.75) is 13.8 Å². The SMILES string of the molecule is Cc1cc(C)c(C(N)=S)c(Nc2c(F)cc(F)cc2Br)n1. The van der Waals surface area contributed by atoms with Gasteiger partial charge in [-0.2, -0.15) is 0 Å². The largest absolute Gasteiger partial charge is 0.389 e. The number of hydrogen-bond donors (Lipinski definition) is 2. The molecule has 7 heteroatoms. The van der Waals surface area contributed by atoms with Gasteiger partial charge in [0.1, 0.15) is 16.6 Å². The molecule has 0 amide bonds. The fraction of sp³-hybridized carbons (Fsp3) is 0.143. The molecule has 3 N–H and O–H groups in total. The Bertz CT molecular complexity index is 711. The van der Waals surface area contributed by atoms with Crippen LogP contribution < -0.4 is 11.1 Å². The van der Waals surface area contributed by atoms with E-state index in [1.807, 2.05) is 13.0 Å². The number of rotatable bonds is 3. The maximum Gasteiger partial charge on any atom is 0.150 e. The van der Waals surface area contributed by atoms with E-state index in [2.05, 4.69) is 26.2 Å². The number of nitrogens with zero attached hydrogens (tertiary/aromatic N) is 1. The minimum Gasteiger partial charge on any atom is -0.389 e. The number of nitrogens with one attached hydrogen (secondary N) is 1. The van der Waals surface area contributed by atoms with E-state index in [9.17, 15) is 8.78 Å². The van der Waals surface area contributed by atoms with Gasteiger partial charge in [0.2, 0.25) is 0 Å². The van der Waals surface area contributed by atoms with Crippen molar-refractivity contribution in [2.24, 2.45) is 5.73 Å². The van der Waals surface area contributed by atoms with Gasteiger partial charge in [0.15, 0.2) is 5.82 Å². The third-order valence-electron chi connectivity index (χ3n) is 2.84. The van der Waals surface area contributed by atoms with E-state index in [1.54, 1.807) is 6.92 Å². The predicted molar refractivity (Wildman–Crippen MR) is 86.9 cm³/mol. The molecule has 0 radical (unpaired) electrons. The standard InChI is InChI=1S/C14H12BrF2N3S/c1-6-3-7(2)19-14(11(6)13(18)21)20-12-9(15)4-8(16)5-10(12)17/h3-5H,1-2H3,(H2,18,21)(H,19,20).